The number of piperazine rings is 1. The van der Waals surface area contributed by atoms with E-state index in [1.165, 1.54) is 33.9 Å². The van der Waals surface area contributed by atoms with Crippen LogP contribution in [0.3, 0.4) is 0 Å². The monoisotopic (exact) mass is 463 g/mol. The van der Waals surface area contributed by atoms with Crippen LogP contribution in [-0.2, 0) is 22.3 Å². The summed E-state index contributed by atoms with van der Waals surface area (Å²) in [4.78, 5) is 43.3. The first-order chi connectivity index (χ1) is 15.6. The fourth-order valence-electron chi connectivity index (χ4n) is 4.99. The molecule has 1 saturated carbocycles. The zero-order valence-electron chi connectivity index (χ0n) is 18.1. The number of nitriles is 1. The van der Waals surface area contributed by atoms with Gasteiger partial charge in [-0.25, -0.2) is 4.79 Å². The van der Waals surface area contributed by atoms with Crippen molar-refractivity contribution in [1.82, 2.24) is 20.0 Å². The van der Waals surface area contributed by atoms with Crippen molar-refractivity contribution in [3.05, 3.63) is 35.4 Å². The summed E-state index contributed by atoms with van der Waals surface area (Å²) in [6.07, 6.45) is -2.68. The lowest BCUT2D eigenvalue weighted by Crippen LogP contribution is -2.82. The van der Waals surface area contributed by atoms with Gasteiger partial charge in [0.15, 0.2) is 5.54 Å². The van der Waals surface area contributed by atoms with E-state index >= 15 is 0 Å². The molecule has 2 heterocycles. The quantitative estimate of drug-likeness (QED) is 0.741. The molecule has 1 spiro atoms. The van der Waals surface area contributed by atoms with Gasteiger partial charge >= 0.3 is 12.2 Å². The lowest BCUT2D eigenvalue weighted by molar-refractivity contribution is -0.179. The number of carbonyl (C=O) groups is 3. The molecule has 0 radical (unpaired) electrons. The molecule has 1 aromatic carbocycles. The Balaban J connectivity index is 1.59. The number of likely N-dealkylation sites (tertiary alicyclic amines) is 1. The van der Waals surface area contributed by atoms with Gasteiger partial charge in [-0.3, -0.25) is 9.59 Å². The molecule has 0 aromatic heterocycles. The first-order valence-electron chi connectivity index (χ1n) is 10.7. The molecule has 4 rings (SSSR count). The lowest BCUT2D eigenvalue weighted by Gasteiger charge is -2.58. The number of benzene rings is 1. The van der Waals surface area contributed by atoms with Gasteiger partial charge in [-0.1, -0.05) is 12.1 Å². The number of hydrogen-bond donors (Lipinski definition) is 1. The van der Waals surface area contributed by atoms with E-state index < -0.39 is 17.3 Å². The molecule has 1 unspecified atom stereocenters. The lowest BCUT2D eigenvalue weighted by atomic mass is 9.82. The topological polar surface area (TPSA) is 96.7 Å². The van der Waals surface area contributed by atoms with E-state index in [0.29, 0.717) is 24.8 Å². The highest BCUT2D eigenvalue weighted by molar-refractivity contribution is 6.00. The van der Waals surface area contributed by atoms with Gasteiger partial charge in [0.05, 0.1) is 24.7 Å². The molecule has 1 aliphatic carbocycles. The van der Waals surface area contributed by atoms with E-state index in [-0.39, 0.29) is 56.0 Å². The zero-order valence-corrected chi connectivity index (χ0v) is 18.1. The Labute approximate surface area is 188 Å². The van der Waals surface area contributed by atoms with Crippen molar-refractivity contribution in [2.24, 2.45) is 5.92 Å². The molecular weight excluding hydrogens is 439 g/mol. The van der Waals surface area contributed by atoms with Gasteiger partial charge in [-0.15, -0.1) is 0 Å². The van der Waals surface area contributed by atoms with Gasteiger partial charge in [-0.05, 0) is 37.0 Å². The minimum atomic E-state index is -4.47. The highest BCUT2D eigenvalue weighted by atomic mass is 19.4. The minimum absolute atomic E-state index is 0.00276. The van der Waals surface area contributed by atoms with Crippen molar-refractivity contribution in [1.29, 1.82) is 5.26 Å². The van der Waals surface area contributed by atoms with Gasteiger partial charge in [0.25, 0.3) is 5.91 Å². The average molecular weight is 463 g/mol. The fraction of sp³-hybridized carbons (Fsp3) is 0.545. The fourth-order valence-corrected chi connectivity index (χ4v) is 4.99. The Morgan fingerprint density at radius 1 is 1.21 bits per heavy atom. The predicted octanol–water partition coefficient (Wildman–Crippen LogP) is 1.96. The van der Waals surface area contributed by atoms with Crippen LogP contribution >= 0.6 is 0 Å². The summed E-state index contributed by atoms with van der Waals surface area (Å²) in [5, 5.41) is 11.7. The number of nitrogens with one attached hydrogen (secondary N) is 1. The van der Waals surface area contributed by atoms with E-state index in [0.717, 1.165) is 12.1 Å². The molecule has 176 valence electrons. The van der Waals surface area contributed by atoms with Crippen molar-refractivity contribution < 1.29 is 27.6 Å². The van der Waals surface area contributed by atoms with Gasteiger partial charge in [-0.2, -0.15) is 18.4 Å². The van der Waals surface area contributed by atoms with Crippen molar-refractivity contribution in [2.75, 3.05) is 26.7 Å². The van der Waals surface area contributed by atoms with Crippen LogP contribution in [0.15, 0.2) is 24.3 Å². The van der Waals surface area contributed by atoms with Crippen LogP contribution in [0.2, 0.25) is 0 Å². The molecule has 8 nitrogen and oxygen atoms in total. The Kier molecular flexibility index (Phi) is 5.72. The van der Waals surface area contributed by atoms with E-state index in [1.54, 1.807) is 0 Å². The Morgan fingerprint density at radius 3 is 2.42 bits per heavy atom. The third-order valence-corrected chi connectivity index (χ3v) is 6.84. The summed E-state index contributed by atoms with van der Waals surface area (Å²) in [5.41, 5.74) is -1.60. The number of halogens is 3. The van der Waals surface area contributed by atoms with Crippen molar-refractivity contribution in [3.8, 4) is 6.07 Å². The zero-order chi connectivity index (χ0) is 24.0. The van der Waals surface area contributed by atoms with Gasteiger partial charge < -0.3 is 20.0 Å². The molecule has 33 heavy (non-hydrogen) atoms. The number of nitrogens with zero attached hydrogens (tertiary/aromatic N) is 4. The van der Waals surface area contributed by atoms with Gasteiger partial charge in [0, 0.05) is 25.6 Å². The summed E-state index contributed by atoms with van der Waals surface area (Å²) in [5.74, 6) is -0.771. The third-order valence-electron chi connectivity index (χ3n) is 6.84. The molecule has 1 aromatic rings. The highest BCUT2D eigenvalue weighted by Crippen LogP contribution is 2.39. The molecule has 1 N–H and O–H groups in total. The van der Waals surface area contributed by atoms with E-state index in [9.17, 15) is 32.8 Å². The van der Waals surface area contributed by atoms with E-state index in [4.69, 9.17) is 0 Å². The Bertz CT molecular complexity index is 998. The standard InChI is InChI=1S/C22H24F3N5O3/c1-27-20(33)28-12-21(13-28)19(32)29(17-7-4-15(8-17)9-26)11-18(31)30(21)10-14-2-5-16(6-3-14)22(23,24)25/h2-3,5-6,15,17H,4,7-8,10-13H2,1H3,(H,27,33)/t15?,17-/m0/s1. The minimum Gasteiger partial charge on any atom is -0.341 e. The van der Waals surface area contributed by atoms with Crippen molar-refractivity contribution >= 4 is 17.8 Å². The Morgan fingerprint density at radius 2 is 1.88 bits per heavy atom. The largest absolute Gasteiger partial charge is 0.416 e. The third kappa shape index (κ3) is 3.98. The summed E-state index contributed by atoms with van der Waals surface area (Å²) in [7, 11) is 1.47. The maximum Gasteiger partial charge on any atom is 0.416 e. The second-order valence-corrected chi connectivity index (χ2v) is 8.84. The average Bonchev–Trinajstić information content (AvgIpc) is 3.23. The number of amides is 4. The summed E-state index contributed by atoms with van der Waals surface area (Å²) >= 11 is 0. The molecule has 11 heteroatoms. The molecule has 4 amide bonds. The number of carbonyl (C=O) groups excluding carboxylic acids is 3. The normalized spacial score (nSPS) is 24.6. The molecule has 0 bridgehead atoms. The Hall–Kier alpha value is -3.29. The van der Waals surface area contributed by atoms with Gasteiger partial charge in [0.2, 0.25) is 5.91 Å². The number of urea groups is 1. The maximum absolute atomic E-state index is 13.6. The van der Waals surface area contributed by atoms with Gasteiger partial charge in [0.1, 0.15) is 6.54 Å². The van der Waals surface area contributed by atoms with Crippen LogP contribution in [0.1, 0.15) is 30.4 Å². The SMILES string of the molecule is CNC(=O)N1CC2(C1)C(=O)N([C@H]1CCC(C#N)C1)CC(=O)N2Cc1ccc(C(F)(F)F)cc1. The van der Waals surface area contributed by atoms with Crippen LogP contribution in [0, 0.1) is 17.2 Å². The summed E-state index contributed by atoms with van der Waals surface area (Å²) in [6.45, 7) is -0.181. The predicted molar refractivity (Wildman–Crippen MR) is 109 cm³/mol. The second kappa shape index (κ2) is 8.24. The molecule has 3 fully saturated rings. The van der Waals surface area contributed by atoms with Crippen molar-refractivity contribution in [3.63, 3.8) is 0 Å². The summed E-state index contributed by atoms with van der Waals surface area (Å²) in [6, 6.07) is 6.11. The summed E-state index contributed by atoms with van der Waals surface area (Å²) < 4.78 is 38.7. The van der Waals surface area contributed by atoms with E-state index in [2.05, 4.69) is 11.4 Å². The maximum atomic E-state index is 13.6. The molecular formula is C22H24F3N5O3. The number of rotatable bonds is 3. The second-order valence-electron chi connectivity index (χ2n) is 8.84. The van der Waals surface area contributed by atoms with E-state index in [1.807, 2.05) is 0 Å². The van der Waals surface area contributed by atoms with Crippen LogP contribution < -0.4 is 5.32 Å². The first-order valence-corrected chi connectivity index (χ1v) is 10.7. The molecule has 2 atom stereocenters. The molecule has 3 aliphatic rings. The highest BCUT2D eigenvalue weighted by Gasteiger charge is 2.61. The number of hydrogen-bond acceptors (Lipinski definition) is 4. The van der Waals surface area contributed by atoms with Crippen LogP contribution in [-0.4, -0.2) is 70.8 Å². The van der Waals surface area contributed by atoms with Crippen LogP contribution in [0.25, 0.3) is 0 Å². The van der Waals surface area contributed by atoms with Crippen LogP contribution in [0.5, 0.6) is 0 Å². The number of alkyl halides is 3. The molecule has 2 saturated heterocycles. The first kappa shape index (κ1) is 22.9. The van der Waals surface area contributed by atoms with Crippen molar-refractivity contribution in [2.45, 2.75) is 43.6 Å². The molecule has 2 aliphatic heterocycles. The van der Waals surface area contributed by atoms with Crippen LogP contribution in [0.4, 0.5) is 18.0 Å². The smallest absolute Gasteiger partial charge is 0.341 e.